The van der Waals surface area contributed by atoms with Crippen LogP contribution in [-0.2, 0) is 21.3 Å². The number of hydrogen-bond donors (Lipinski definition) is 2. The quantitative estimate of drug-likeness (QED) is 0.464. The number of rotatable bonds is 6. The lowest BCUT2D eigenvalue weighted by Gasteiger charge is -2.12. The van der Waals surface area contributed by atoms with E-state index in [9.17, 15) is 13.2 Å². The SMILES string of the molecule is CNCc1cc(-c2ccc3[nH]ccc3c2)n(S(=O)(=O)c2cccc(C(=O)OC)c2)c1. The number of H-pyrrole nitrogens is 1. The number of fused-ring (bicyclic) bond motifs is 1. The second-order valence-electron chi connectivity index (χ2n) is 6.86. The highest BCUT2D eigenvalue weighted by Crippen LogP contribution is 2.29. The predicted octanol–water partition coefficient (Wildman–Crippen LogP) is 3.38. The minimum Gasteiger partial charge on any atom is -0.465 e. The van der Waals surface area contributed by atoms with E-state index < -0.39 is 16.0 Å². The molecule has 0 radical (unpaired) electrons. The summed E-state index contributed by atoms with van der Waals surface area (Å²) in [5, 5.41) is 4.04. The van der Waals surface area contributed by atoms with E-state index in [4.69, 9.17) is 4.74 Å². The molecule has 0 aliphatic rings. The number of benzene rings is 2. The number of nitrogens with zero attached hydrogens (tertiary/aromatic N) is 1. The van der Waals surface area contributed by atoms with Crippen molar-refractivity contribution >= 4 is 26.9 Å². The first kappa shape index (κ1) is 19.9. The van der Waals surface area contributed by atoms with E-state index in [1.54, 1.807) is 13.2 Å². The van der Waals surface area contributed by atoms with Crippen LogP contribution in [0.25, 0.3) is 22.2 Å². The lowest BCUT2D eigenvalue weighted by molar-refractivity contribution is 0.0600. The molecule has 4 aromatic rings. The molecule has 0 aliphatic carbocycles. The minimum absolute atomic E-state index is 0.0148. The van der Waals surface area contributed by atoms with E-state index in [0.29, 0.717) is 12.2 Å². The van der Waals surface area contributed by atoms with Gasteiger partial charge in [0.1, 0.15) is 0 Å². The van der Waals surface area contributed by atoms with Gasteiger partial charge < -0.3 is 15.0 Å². The highest BCUT2D eigenvalue weighted by molar-refractivity contribution is 7.90. The van der Waals surface area contributed by atoms with Crippen molar-refractivity contribution < 1.29 is 17.9 Å². The Hall–Kier alpha value is -3.36. The number of ether oxygens (including phenoxy) is 1. The van der Waals surface area contributed by atoms with Crippen LogP contribution in [0.3, 0.4) is 0 Å². The zero-order valence-corrected chi connectivity index (χ0v) is 17.4. The van der Waals surface area contributed by atoms with E-state index in [0.717, 1.165) is 22.0 Å². The Balaban J connectivity index is 1.88. The smallest absolute Gasteiger partial charge is 0.337 e. The third-order valence-electron chi connectivity index (χ3n) is 4.88. The van der Waals surface area contributed by atoms with Crippen LogP contribution in [0.15, 0.2) is 71.9 Å². The molecule has 0 amide bonds. The summed E-state index contributed by atoms with van der Waals surface area (Å²) in [6, 6.07) is 15.4. The number of esters is 1. The first-order chi connectivity index (χ1) is 14.4. The summed E-state index contributed by atoms with van der Waals surface area (Å²) >= 11 is 0. The number of carbonyl (C=O) groups is 1. The van der Waals surface area contributed by atoms with E-state index in [1.165, 1.54) is 35.3 Å². The molecule has 0 unspecified atom stereocenters. The topological polar surface area (TPSA) is 93.2 Å². The molecular formula is C22H21N3O4S. The third-order valence-corrected chi connectivity index (χ3v) is 6.55. The summed E-state index contributed by atoms with van der Waals surface area (Å²) in [4.78, 5) is 15.0. The summed E-state index contributed by atoms with van der Waals surface area (Å²) in [6.07, 6.45) is 3.45. The molecule has 0 saturated carbocycles. The number of hydrogen-bond acceptors (Lipinski definition) is 5. The van der Waals surface area contributed by atoms with Crippen molar-refractivity contribution in [2.45, 2.75) is 11.4 Å². The summed E-state index contributed by atoms with van der Waals surface area (Å²) in [5.74, 6) is -0.589. The van der Waals surface area contributed by atoms with Gasteiger partial charge in [0.2, 0.25) is 0 Å². The van der Waals surface area contributed by atoms with Crippen LogP contribution in [0.4, 0.5) is 0 Å². The van der Waals surface area contributed by atoms with Gasteiger partial charge in [-0.05, 0) is 60.6 Å². The van der Waals surface area contributed by atoms with Crippen LogP contribution in [0, 0.1) is 0 Å². The number of nitrogens with one attached hydrogen (secondary N) is 2. The van der Waals surface area contributed by atoms with Crippen molar-refractivity contribution in [2.24, 2.45) is 0 Å². The molecule has 0 atom stereocenters. The fourth-order valence-electron chi connectivity index (χ4n) is 3.43. The van der Waals surface area contributed by atoms with Crippen molar-refractivity contribution in [2.75, 3.05) is 14.2 Å². The molecule has 8 heteroatoms. The first-order valence-electron chi connectivity index (χ1n) is 9.31. The Morgan fingerprint density at radius 2 is 1.97 bits per heavy atom. The molecule has 0 bridgehead atoms. The molecule has 2 aromatic heterocycles. The van der Waals surface area contributed by atoms with E-state index in [2.05, 4.69) is 10.3 Å². The highest BCUT2D eigenvalue weighted by Gasteiger charge is 2.23. The predicted molar refractivity (Wildman–Crippen MR) is 115 cm³/mol. The molecule has 154 valence electrons. The second-order valence-corrected chi connectivity index (χ2v) is 8.68. The van der Waals surface area contributed by atoms with Crippen molar-refractivity contribution in [3.05, 3.63) is 78.1 Å². The van der Waals surface area contributed by atoms with Gasteiger partial charge in [0.15, 0.2) is 0 Å². The second kappa shape index (κ2) is 7.81. The average molecular weight is 423 g/mol. The van der Waals surface area contributed by atoms with Crippen molar-refractivity contribution in [3.63, 3.8) is 0 Å². The van der Waals surface area contributed by atoms with Gasteiger partial charge in [-0.2, -0.15) is 0 Å². The summed E-state index contributed by atoms with van der Waals surface area (Å²) < 4.78 is 33.0. The van der Waals surface area contributed by atoms with E-state index in [-0.39, 0.29) is 10.5 Å². The van der Waals surface area contributed by atoms with Crippen LogP contribution < -0.4 is 5.32 Å². The van der Waals surface area contributed by atoms with Gasteiger partial charge in [0.05, 0.1) is 23.3 Å². The normalized spacial score (nSPS) is 11.7. The Kier molecular flexibility index (Phi) is 5.19. The van der Waals surface area contributed by atoms with Gasteiger partial charge in [-0.25, -0.2) is 17.2 Å². The molecule has 0 aliphatic heterocycles. The van der Waals surface area contributed by atoms with Crippen molar-refractivity contribution in [3.8, 4) is 11.3 Å². The van der Waals surface area contributed by atoms with Crippen molar-refractivity contribution in [1.29, 1.82) is 0 Å². The molecule has 7 nitrogen and oxygen atoms in total. The average Bonchev–Trinajstić information content (AvgIpc) is 3.40. The molecule has 30 heavy (non-hydrogen) atoms. The fraction of sp³-hybridized carbons (Fsp3) is 0.136. The molecule has 0 saturated heterocycles. The van der Waals surface area contributed by atoms with Gasteiger partial charge in [-0.15, -0.1) is 0 Å². The van der Waals surface area contributed by atoms with Gasteiger partial charge in [0.25, 0.3) is 10.0 Å². The maximum Gasteiger partial charge on any atom is 0.337 e. The molecule has 0 fully saturated rings. The van der Waals surface area contributed by atoms with Gasteiger partial charge in [-0.1, -0.05) is 12.1 Å². The minimum atomic E-state index is -3.95. The Morgan fingerprint density at radius 3 is 2.73 bits per heavy atom. The largest absolute Gasteiger partial charge is 0.465 e. The lowest BCUT2D eigenvalue weighted by Crippen LogP contribution is -2.14. The molecular weight excluding hydrogens is 402 g/mol. The van der Waals surface area contributed by atoms with Gasteiger partial charge in [-0.3, -0.25) is 0 Å². The Morgan fingerprint density at radius 1 is 1.13 bits per heavy atom. The molecule has 4 rings (SSSR count). The molecule has 0 spiro atoms. The molecule has 2 aromatic carbocycles. The first-order valence-corrected chi connectivity index (χ1v) is 10.8. The van der Waals surface area contributed by atoms with E-state index >= 15 is 0 Å². The van der Waals surface area contributed by atoms with Crippen LogP contribution >= 0.6 is 0 Å². The summed E-state index contributed by atoms with van der Waals surface area (Å²) in [6.45, 7) is 0.518. The maximum atomic E-state index is 13.5. The maximum absolute atomic E-state index is 13.5. The van der Waals surface area contributed by atoms with Crippen LogP contribution in [-0.4, -0.2) is 37.5 Å². The van der Waals surface area contributed by atoms with Crippen LogP contribution in [0.5, 0.6) is 0 Å². The van der Waals surface area contributed by atoms with Crippen LogP contribution in [0.2, 0.25) is 0 Å². The summed E-state index contributed by atoms with van der Waals surface area (Å²) in [5.41, 5.74) is 3.30. The zero-order valence-electron chi connectivity index (χ0n) is 16.5. The van der Waals surface area contributed by atoms with Gasteiger partial charge >= 0.3 is 5.97 Å². The number of aromatic amines is 1. The fourth-order valence-corrected chi connectivity index (χ4v) is 4.88. The monoisotopic (exact) mass is 423 g/mol. The Labute approximate surface area is 174 Å². The third kappa shape index (κ3) is 3.51. The van der Waals surface area contributed by atoms with E-state index in [1.807, 2.05) is 36.5 Å². The van der Waals surface area contributed by atoms with Gasteiger partial charge in [0, 0.05) is 29.8 Å². The number of methoxy groups -OCH3 is 1. The lowest BCUT2D eigenvalue weighted by atomic mass is 10.1. The molecule has 2 N–H and O–H groups in total. The highest BCUT2D eigenvalue weighted by atomic mass is 32.2. The molecule has 2 heterocycles. The summed E-state index contributed by atoms with van der Waals surface area (Å²) in [7, 11) is -0.885. The number of carbonyl (C=O) groups excluding carboxylic acids is 1. The Bertz CT molecular complexity index is 1340. The standard InChI is InChI=1S/C22H21N3O4S/c1-23-13-15-10-21(17-6-7-20-16(11-17)8-9-24-20)25(14-15)30(27,28)19-5-3-4-18(12-19)22(26)29-2/h3-12,14,23-24H,13H2,1-2H3. The van der Waals surface area contributed by atoms with Crippen LogP contribution in [0.1, 0.15) is 15.9 Å². The zero-order chi connectivity index (χ0) is 21.3. The van der Waals surface area contributed by atoms with Crippen molar-refractivity contribution in [1.82, 2.24) is 14.3 Å². The number of aromatic nitrogens is 2.